The molecule has 7 unspecified atom stereocenters. The molecule has 0 N–H and O–H groups in total. The van der Waals surface area contributed by atoms with Crippen LogP contribution in [-0.4, -0.2) is 55.6 Å². The minimum atomic E-state index is -0.0121. The molecule has 0 aromatic rings. The molecule has 5 nitrogen and oxygen atoms in total. The number of nitrogens with zero attached hydrogens (tertiary/aromatic N) is 1. The van der Waals surface area contributed by atoms with Gasteiger partial charge in [-0.1, -0.05) is 13.8 Å². The second-order valence-corrected chi connectivity index (χ2v) is 11.7. The van der Waals surface area contributed by atoms with E-state index in [2.05, 4.69) is 18.7 Å². The lowest BCUT2D eigenvalue weighted by Crippen LogP contribution is -2.54. The highest BCUT2D eigenvalue weighted by molar-refractivity contribution is 5.85. The maximum Gasteiger partial charge on any atom is 0.307 e. The van der Waals surface area contributed by atoms with Crippen LogP contribution in [0.15, 0.2) is 0 Å². The third-order valence-electron chi connectivity index (χ3n) is 10.4. The molecule has 4 saturated carbocycles. The van der Waals surface area contributed by atoms with Gasteiger partial charge in [0, 0.05) is 37.9 Å². The first-order chi connectivity index (χ1) is 14.9. The van der Waals surface area contributed by atoms with Gasteiger partial charge in [-0.2, -0.15) is 0 Å². The number of carbonyl (C=O) groups excluding carboxylic acids is 2. The number of Topliss-reactive ketones (excluding diaryl/α,β-unsaturated/α-hetero) is 1. The zero-order chi connectivity index (χ0) is 21.6. The second kappa shape index (κ2) is 9.54. The minimum Gasteiger partial charge on any atom is -0.462 e. The number of hydrogen-bond acceptors (Lipinski definition) is 5. The van der Waals surface area contributed by atoms with Gasteiger partial charge in [-0.3, -0.25) is 14.5 Å². The first kappa shape index (κ1) is 24.5. The molecule has 0 aromatic heterocycles. The fourth-order valence-corrected chi connectivity index (χ4v) is 8.48. The van der Waals surface area contributed by atoms with Crippen molar-refractivity contribution in [1.29, 1.82) is 0 Å². The fourth-order valence-electron chi connectivity index (χ4n) is 8.48. The summed E-state index contributed by atoms with van der Waals surface area (Å²) in [6.07, 6.45) is 10.5. The SMILES string of the molecule is CC12CCC(=O)CC1CCC1C2CCC2(C)C(OC(=O)CCN3CCOCC3)CCC12.Cl. The van der Waals surface area contributed by atoms with E-state index >= 15 is 0 Å². The summed E-state index contributed by atoms with van der Waals surface area (Å²) in [4.78, 5) is 27.1. The maximum atomic E-state index is 12.7. The number of ketones is 1. The Morgan fingerprint density at radius 1 is 1.03 bits per heavy atom. The van der Waals surface area contributed by atoms with Crippen LogP contribution in [0.3, 0.4) is 0 Å². The van der Waals surface area contributed by atoms with E-state index in [1.807, 2.05) is 0 Å². The highest BCUT2D eigenvalue weighted by Gasteiger charge is 2.61. The molecule has 0 radical (unpaired) electrons. The largest absolute Gasteiger partial charge is 0.462 e. The molecular formula is C26H42ClNO4. The Morgan fingerprint density at radius 2 is 1.78 bits per heavy atom. The van der Waals surface area contributed by atoms with Crippen LogP contribution in [0.4, 0.5) is 0 Å². The molecule has 32 heavy (non-hydrogen) atoms. The smallest absolute Gasteiger partial charge is 0.307 e. The van der Waals surface area contributed by atoms with Gasteiger partial charge in [-0.25, -0.2) is 0 Å². The number of carbonyl (C=O) groups is 2. The summed E-state index contributed by atoms with van der Waals surface area (Å²) >= 11 is 0. The second-order valence-electron chi connectivity index (χ2n) is 11.7. The predicted octanol–water partition coefficient (Wildman–Crippen LogP) is 4.65. The van der Waals surface area contributed by atoms with Crippen LogP contribution in [0.2, 0.25) is 0 Å². The van der Waals surface area contributed by atoms with Crippen molar-refractivity contribution in [2.24, 2.45) is 34.5 Å². The summed E-state index contributed by atoms with van der Waals surface area (Å²) < 4.78 is 11.6. The zero-order valence-corrected chi connectivity index (χ0v) is 20.8. The fraction of sp³-hybridized carbons (Fsp3) is 0.923. The number of esters is 1. The van der Waals surface area contributed by atoms with Crippen LogP contribution < -0.4 is 0 Å². The number of rotatable bonds is 4. The molecule has 7 atom stereocenters. The van der Waals surface area contributed by atoms with Crippen LogP contribution in [0.1, 0.15) is 78.1 Å². The van der Waals surface area contributed by atoms with Gasteiger partial charge < -0.3 is 9.47 Å². The van der Waals surface area contributed by atoms with Crippen LogP contribution >= 0.6 is 12.4 Å². The number of ether oxygens (including phenoxy) is 2. The Hall–Kier alpha value is -0.650. The molecule has 6 heteroatoms. The van der Waals surface area contributed by atoms with Crippen molar-refractivity contribution in [2.75, 3.05) is 32.8 Å². The zero-order valence-electron chi connectivity index (χ0n) is 20.0. The lowest BCUT2D eigenvalue weighted by atomic mass is 9.45. The van der Waals surface area contributed by atoms with E-state index in [0.29, 0.717) is 29.5 Å². The van der Waals surface area contributed by atoms with Crippen LogP contribution in [-0.2, 0) is 19.1 Å². The Labute approximate surface area is 199 Å². The van der Waals surface area contributed by atoms with Crippen LogP contribution in [0.5, 0.6) is 0 Å². The molecule has 0 amide bonds. The van der Waals surface area contributed by atoms with E-state index in [1.165, 1.54) is 32.1 Å². The summed E-state index contributed by atoms with van der Waals surface area (Å²) in [6, 6.07) is 0. The van der Waals surface area contributed by atoms with Gasteiger partial charge in [-0.15, -0.1) is 12.4 Å². The van der Waals surface area contributed by atoms with Gasteiger partial charge in [0.05, 0.1) is 19.6 Å². The molecular weight excluding hydrogens is 426 g/mol. The average Bonchev–Trinajstić information content (AvgIpc) is 3.10. The molecule has 1 aliphatic heterocycles. The van der Waals surface area contributed by atoms with E-state index in [0.717, 1.165) is 70.4 Å². The monoisotopic (exact) mass is 467 g/mol. The van der Waals surface area contributed by atoms with Crippen molar-refractivity contribution >= 4 is 24.2 Å². The standard InChI is InChI=1S/C26H41NO4.ClH/c1-25-10-7-19(28)17-18(25)3-4-20-21-5-6-23(26(21,2)11-8-22(20)25)31-24(29)9-12-27-13-15-30-16-14-27;/h18,20-23H,3-17H2,1-2H3;1H. The van der Waals surface area contributed by atoms with Crippen LogP contribution in [0.25, 0.3) is 0 Å². The Kier molecular flexibility index (Phi) is 7.30. The number of hydrogen-bond donors (Lipinski definition) is 0. The number of morpholine rings is 1. The first-order valence-electron chi connectivity index (χ1n) is 12.9. The third-order valence-corrected chi connectivity index (χ3v) is 10.4. The van der Waals surface area contributed by atoms with Crippen molar-refractivity contribution in [2.45, 2.75) is 84.2 Å². The van der Waals surface area contributed by atoms with E-state index in [-0.39, 0.29) is 29.9 Å². The highest BCUT2D eigenvalue weighted by atomic mass is 35.5. The van der Waals surface area contributed by atoms with Gasteiger partial charge in [0.15, 0.2) is 0 Å². The molecule has 0 spiro atoms. The van der Waals surface area contributed by atoms with Gasteiger partial charge in [-0.05, 0) is 74.0 Å². The van der Waals surface area contributed by atoms with Crippen molar-refractivity contribution in [3.8, 4) is 0 Å². The summed E-state index contributed by atoms with van der Waals surface area (Å²) in [5, 5.41) is 0. The molecule has 4 aliphatic carbocycles. The van der Waals surface area contributed by atoms with E-state index in [9.17, 15) is 9.59 Å². The third kappa shape index (κ3) is 4.27. The van der Waals surface area contributed by atoms with Gasteiger partial charge in [0.25, 0.3) is 0 Å². The van der Waals surface area contributed by atoms with Gasteiger partial charge >= 0.3 is 5.97 Å². The van der Waals surface area contributed by atoms with Gasteiger partial charge in [0.1, 0.15) is 11.9 Å². The Balaban J connectivity index is 0.00000245. The number of fused-ring (bicyclic) bond motifs is 5. The van der Waals surface area contributed by atoms with E-state index < -0.39 is 0 Å². The lowest BCUT2D eigenvalue weighted by molar-refractivity contribution is -0.164. The topological polar surface area (TPSA) is 55.8 Å². The van der Waals surface area contributed by atoms with E-state index in [1.54, 1.807) is 0 Å². The molecule has 5 aliphatic rings. The molecule has 0 aromatic carbocycles. The first-order valence-corrected chi connectivity index (χ1v) is 12.9. The van der Waals surface area contributed by atoms with Crippen molar-refractivity contribution in [3.63, 3.8) is 0 Å². The van der Waals surface area contributed by atoms with Crippen LogP contribution in [0, 0.1) is 34.5 Å². The Bertz CT molecular complexity index is 710. The number of halogens is 1. The quantitative estimate of drug-likeness (QED) is 0.563. The maximum absolute atomic E-state index is 12.7. The van der Waals surface area contributed by atoms with Crippen molar-refractivity contribution in [1.82, 2.24) is 4.90 Å². The molecule has 1 saturated heterocycles. The summed E-state index contributed by atoms with van der Waals surface area (Å²) in [5.41, 5.74) is 0.495. The highest BCUT2D eigenvalue weighted by Crippen LogP contribution is 2.66. The average molecular weight is 468 g/mol. The summed E-state index contributed by atoms with van der Waals surface area (Å²) in [7, 11) is 0. The predicted molar refractivity (Wildman–Crippen MR) is 126 cm³/mol. The summed E-state index contributed by atoms with van der Waals surface area (Å²) in [5.74, 6) is 3.28. The summed E-state index contributed by atoms with van der Waals surface area (Å²) in [6.45, 7) is 9.09. The van der Waals surface area contributed by atoms with Gasteiger partial charge in [0.2, 0.25) is 0 Å². The Morgan fingerprint density at radius 3 is 2.56 bits per heavy atom. The van der Waals surface area contributed by atoms with E-state index in [4.69, 9.17) is 9.47 Å². The molecule has 5 rings (SSSR count). The molecule has 182 valence electrons. The molecule has 5 fully saturated rings. The van der Waals surface area contributed by atoms with Crippen molar-refractivity contribution < 1.29 is 19.1 Å². The normalized spacial score (nSPS) is 44.1. The molecule has 1 heterocycles. The lowest BCUT2D eigenvalue weighted by Gasteiger charge is -2.60. The molecule has 0 bridgehead atoms. The minimum absolute atomic E-state index is 0. The van der Waals surface area contributed by atoms with Crippen molar-refractivity contribution in [3.05, 3.63) is 0 Å².